The first kappa shape index (κ1) is 35.1. The number of amides is 1. The fraction of sp³-hybridized carbons (Fsp3) is 0.919. The SMILES string of the molecule is CC(C)CCC[C@@H](C)[C@H]1CC[C@H]2[C@@H]3CC=C4CC(OC(=O)NCCOCCOCCSC(C)C)CC[C@]4(C)[C@H]3CC[C@]12C. The van der Waals surface area contributed by atoms with Gasteiger partial charge < -0.3 is 19.5 Å². The van der Waals surface area contributed by atoms with Crippen LogP contribution in [0.2, 0.25) is 0 Å². The van der Waals surface area contributed by atoms with Crippen molar-refractivity contribution in [2.24, 2.45) is 46.3 Å². The molecule has 8 atom stereocenters. The Morgan fingerprint density at radius 1 is 0.953 bits per heavy atom. The van der Waals surface area contributed by atoms with Gasteiger partial charge in [-0.15, -0.1) is 0 Å². The van der Waals surface area contributed by atoms with E-state index in [1.165, 1.54) is 51.4 Å². The quantitative estimate of drug-likeness (QED) is 0.138. The molecule has 4 aliphatic carbocycles. The molecule has 5 nitrogen and oxygen atoms in total. The Hall–Kier alpha value is -0.720. The molecule has 3 saturated carbocycles. The lowest BCUT2D eigenvalue weighted by Gasteiger charge is -2.58. The van der Waals surface area contributed by atoms with Crippen LogP contribution in [0.1, 0.15) is 119 Å². The van der Waals surface area contributed by atoms with Crippen LogP contribution in [0.5, 0.6) is 0 Å². The molecule has 6 heteroatoms. The minimum absolute atomic E-state index is 0.00897. The largest absolute Gasteiger partial charge is 0.446 e. The summed E-state index contributed by atoms with van der Waals surface area (Å²) in [5.74, 6) is 6.13. The van der Waals surface area contributed by atoms with Gasteiger partial charge in [-0.3, -0.25) is 0 Å². The standard InChI is InChI=1S/C37H65NO4S/c1-26(2)9-8-10-28(5)32-13-14-33-31-12-11-29-25-30(15-17-36(29,6)34(31)16-18-37(32,33)7)42-35(39)38-19-20-40-21-22-41-23-24-43-27(3)4/h11,26-28,30-34H,8-10,12-25H2,1-7H3,(H,38,39)/t28-,30?,31+,32-,33+,34+,36+,37-/m1/s1. The zero-order valence-corrected chi connectivity index (χ0v) is 29.6. The summed E-state index contributed by atoms with van der Waals surface area (Å²) >= 11 is 1.91. The van der Waals surface area contributed by atoms with Crippen molar-refractivity contribution in [2.75, 3.05) is 38.7 Å². The monoisotopic (exact) mass is 619 g/mol. The summed E-state index contributed by atoms with van der Waals surface area (Å²) in [6.45, 7) is 19.8. The Morgan fingerprint density at radius 2 is 1.72 bits per heavy atom. The molecule has 0 spiro atoms. The second-order valence-electron chi connectivity index (χ2n) is 15.6. The van der Waals surface area contributed by atoms with Crippen LogP contribution in [-0.2, 0) is 14.2 Å². The van der Waals surface area contributed by atoms with Crippen LogP contribution < -0.4 is 5.32 Å². The maximum absolute atomic E-state index is 12.6. The van der Waals surface area contributed by atoms with Crippen LogP contribution in [0.4, 0.5) is 4.79 Å². The van der Waals surface area contributed by atoms with Crippen molar-refractivity contribution in [2.45, 2.75) is 130 Å². The van der Waals surface area contributed by atoms with E-state index < -0.39 is 0 Å². The lowest BCUT2D eigenvalue weighted by atomic mass is 9.47. The molecule has 0 saturated heterocycles. The van der Waals surface area contributed by atoms with E-state index in [0.29, 0.717) is 37.0 Å². The van der Waals surface area contributed by atoms with E-state index >= 15 is 0 Å². The molecular formula is C37H65NO4S. The molecule has 1 amide bonds. The Morgan fingerprint density at radius 3 is 2.47 bits per heavy atom. The predicted octanol–water partition coefficient (Wildman–Crippen LogP) is 9.30. The third kappa shape index (κ3) is 8.97. The maximum Gasteiger partial charge on any atom is 0.407 e. The minimum atomic E-state index is -0.304. The van der Waals surface area contributed by atoms with E-state index in [1.54, 1.807) is 5.57 Å². The first-order chi connectivity index (χ1) is 20.5. The molecule has 43 heavy (non-hydrogen) atoms. The van der Waals surface area contributed by atoms with Gasteiger partial charge in [-0.2, -0.15) is 11.8 Å². The number of fused-ring (bicyclic) bond motifs is 5. The number of hydrogen-bond acceptors (Lipinski definition) is 5. The van der Waals surface area contributed by atoms with Crippen molar-refractivity contribution in [3.63, 3.8) is 0 Å². The molecule has 0 radical (unpaired) electrons. The first-order valence-corrected chi connectivity index (χ1v) is 19.0. The molecule has 0 aliphatic heterocycles. The van der Waals surface area contributed by atoms with Crippen LogP contribution in [0.15, 0.2) is 11.6 Å². The van der Waals surface area contributed by atoms with Gasteiger partial charge in [-0.05, 0) is 96.5 Å². The van der Waals surface area contributed by atoms with Crippen molar-refractivity contribution >= 4 is 17.9 Å². The smallest absolute Gasteiger partial charge is 0.407 e. The predicted molar refractivity (Wildman–Crippen MR) is 181 cm³/mol. The van der Waals surface area contributed by atoms with Gasteiger partial charge in [0, 0.05) is 18.7 Å². The van der Waals surface area contributed by atoms with Crippen LogP contribution in [0.25, 0.3) is 0 Å². The summed E-state index contributed by atoms with van der Waals surface area (Å²) in [7, 11) is 0. The number of thioether (sulfide) groups is 1. The Balaban J connectivity index is 1.19. The molecule has 0 aromatic rings. The van der Waals surface area contributed by atoms with Gasteiger partial charge >= 0.3 is 6.09 Å². The molecule has 1 N–H and O–H groups in total. The molecule has 4 aliphatic rings. The van der Waals surface area contributed by atoms with Gasteiger partial charge in [0.25, 0.3) is 0 Å². The van der Waals surface area contributed by atoms with Gasteiger partial charge in [-0.1, -0.05) is 79.4 Å². The summed E-state index contributed by atoms with van der Waals surface area (Å²) in [5, 5.41) is 3.53. The second kappa shape index (κ2) is 16.2. The summed E-state index contributed by atoms with van der Waals surface area (Å²) in [6.07, 6.45) is 16.4. The molecule has 248 valence electrons. The van der Waals surface area contributed by atoms with E-state index in [2.05, 4.69) is 59.9 Å². The third-order valence-electron chi connectivity index (χ3n) is 12.1. The topological polar surface area (TPSA) is 56.8 Å². The van der Waals surface area contributed by atoms with Crippen LogP contribution in [0, 0.1) is 46.3 Å². The summed E-state index contributed by atoms with van der Waals surface area (Å²) in [5.41, 5.74) is 2.39. The van der Waals surface area contributed by atoms with Crippen molar-refractivity contribution in [3.8, 4) is 0 Å². The van der Waals surface area contributed by atoms with Crippen molar-refractivity contribution in [1.29, 1.82) is 0 Å². The first-order valence-electron chi connectivity index (χ1n) is 18.0. The van der Waals surface area contributed by atoms with Gasteiger partial charge in [-0.25, -0.2) is 4.79 Å². The summed E-state index contributed by atoms with van der Waals surface area (Å²) < 4.78 is 17.1. The lowest BCUT2D eigenvalue weighted by molar-refractivity contribution is -0.0581. The number of alkyl carbamates (subject to hydrolysis) is 1. The highest BCUT2D eigenvalue weighted by Crippen LogP contribution is 2.67. The average molecular weight is 620 g/mol. The number of hydrogen-bond donors (Lipinski definition) is 1. The van der Waals surface area contributed by atoms with Gasteiger partial charge in [0.15, 0.2) is 0 Å². The molecular weight excluding hydrogens is 554 g/mol. The number of rotatable bonds is 16. The highest BCUT2D eigenvalue weighted by Gasteiger charge is 2.59. The van der Waals surface area contributed by atoms with E-state index in [1.807, 2.05) is 11.8 Å². The zero-order valence-electron chi connectivity index (χ0n) is 28.8. The number of allylic oxidation sites excluding steroid dienone is 1. The van der Waals surface area contributed by atoms with Crippen LogP contribution in [0.3, 0.4) is 0 Å². The van der Waals surface area contributed by atoms with Crippen molar-refractivity contribution in [1.82, 2.24) is 5.32 Å². The zero-order chi connectivity index (χ0) is 31.0. The van der Waals surface area contributed by atoms with Crippen LogP contribution >= 0.6 is 11.8 Å². The van der Waals surface area contributed by atoms with E-state index in [9.17, 15) is 4.79 Å². The highest BCUT2D eigenvalue weighted by molar-refractivity contribution is 7.99. The Labute approximate surface area is 268 Å². The Bertz CT molecular complexity index is 907. The van der Waals surface area contributed by atoms with Gasteiger partial charge in [0.05, 0.1) is 26.4 Å². The number of nitrogens with one attached hydrogen (secondary N) is 1. The molecule has 3 fully saturated rings. The molecule has 1 unspecified atom stereocenters. The normalized spacial score (nSPS) is 34.3. The molecule has 0 heterocycles. The number of carbonyl (C=O) groups excluding carboxylic acids is 1. The fourth-order valence-electron chi connectivity index (χ4n) is 9.84. The lowest BCUT2D eigenvalue weighted by Crippen LogP contribution is -2.51. The van der Waals surface area contributed by atoms with Gasteiger partial charge in [0.2, 0.25) is 0 Å². The van der Waals surface area contributed by atoms with Crippen LogP contribution in [-0.4, -0.2) is 56.2 Å². The highest BCUT2D eigenvalue weighted by atomic mass is 32.2. The van der Waals surface area contributed by atoms with Gasteiger partial charge in [0.1, 0.15) is 6.10 Å². The second-order valence-corrected chi connectivity index (χ2v) is 17.3. The summed E-state index contributed by atoms with van der Waals surface area (Å²) in [4.78, 5) is 12.6. The molecule has 0 aromatic heterocycles. The maximum atomic E-state index is 12.6. The summed E-state index contributed by atoms with van der Waals surface area (Å²) in [6, 6.07) is 0. The number of carbonyl (C=O) groups is 1. The fourth-order valence-corrected chi connectivity index (χ4v) is 10.5. The average Bonchev–Trinajstić information content (AvgIpc) is 3.31. The number of ether oxygens (including phenoxy) is 3. The molecule has 0 bridgehead atoms. The van der Waals surface area contributed by atoms with Crippen molar-refractivity contribution < 1.29 is 19.0 Å². The Kier molecular flexibility index (Phi) is 13.2. The minimum Gasteiger partial charge on any atom is -0.446 e. The molecule has 4 rings (SSSR count). The third-order valence-corrected chi connectivity index (χ3v) is 13.2. The van der Waals surface area contributed by atoms with E-state index in [-0.39, 0.29) is 17.6 Å². The molecule has 0 aromatic carbocycles. The van der Waals surface area contributed by atoms with Crippen molar-refractivity contribution in [3.05, 3.63) is 11.6 Å². The van der Waals surface area contributed by atoms with E-state index in [4.69, 9.17) is 14.2 Å². The van der Waals surface area contributed by atoms with E-state index in [0.717, 1.165) is 67.1 Å².